The van der Waals surface area contributed by atoms with Crippen LogP contribution in [-0.2, 0) is 0 Å². The van der Waals surface area contributed by atoms with Gasteiger partial charge >= 0.3 is 0 Å². The van der Waals surface area contributed by atoms with Crippen molar-refractivity contribution in [3.05, 3.63) is 41.7 Å². The Morgan fingerprint density at radius 3 is 2.74 bits per heavy atom. The first kappa shape index (κ1) is 14.2. The van der Waals surface area contributed by atoms with Gasteiger partial charge in [0, 0.05) is 19.1 Å². The van der Waals surface area contributed by atoms with Crippen LogP contribution < -0.4 is 0 Å². The third-order valence-electron chi connectivity index (χ3n) is 3.79. The molecule has 0 bridgehead atoms. The summed E-state index contributed by atoms with van der Waals surface area (Å²) in [5.41, 5.74) is 1.05. The molecule has 2 rings (SSSR count). The molecule has 104 valence electrons. The van der Waals surface area contributed by atoms with Crippen LogP contribution in [-0.4, -0.2) is 49.6 Å². The highest BCUT2D eigenvalue weighted by Gasteiger charge is 2.21. The number of hydrogen-bond acceptors (Lipinski definition) is 2. The number of hydrogen-bond donors (Lipinski definition) is 0. The quantitative estimate of drug-likeness (QED) is 0.805. The molecule has 2 nitrogen and oxygen atoms in total. The summed E-state index contributed by atoms with van der Waals surface area (Å²) < 4.78 is 12.8. The normalized spacial score (nSPS) is 20.7. The van der Waals surface area contributed by atoms with E-state index in [1.807, 2.05) is 6.08 Å². The van der Waals surface area contributed by atoms with Gasteiger partial charge in [-0.05, 0) is 51.2 Å². The monoisotopic (exact) mass is 262 g/mol. The zero-order chi connectivity index (χ0) is 13.7. The third kappa shape index (κ3) is 4.44. The molecule has 1 fully saturated rings. The zero-order valence-electron chi connectivity index (χ0n) is 11.8. The molecule has 1 aromatic carbocycles. The minimum Gasteiger partial charge on any atom is -0.302 e. The van der Waals surface area contributed by atoms with E-state index in [0.29, 0.717) is 6.04 Å². The molecular weight excluding hydrogens is 239 g/mol. The van der Waals surface area contributed by atoms with Gasteiger partial charge in [0.1, 0.15) is 5.82 Å². The number of likely N-dealkylation sites (N-methyl/N-ethyl adjacent to an activating group) is 2. The smallest absolute Gasteiger partial charge is 0.123 e. The topological polar surface area (TPSA) is 6.48 Å². The van der Waals surface area contributed by atoms with E-state index in [1.54, 1.807) is 12.1 Å². The Hall–Kier alpha value is -1.19. The molecule has 1 saturated heterocycles. The molecule has 1 heterocycles. The second-order valence-electron chi connectivity index (χ2n) is 5.45. The highest BCUT2D eigenvalue weighted by atomic mass is 19.1. The van der Waals surface area contributed by atoms with Crippen molar-refractivity contribution in [2.24, 2.45) is 0 Å². The molecule has 1 aromatic rings. The van der Waals surface area contributed by atoms with Crippen LogP contribution in [0, 0.1) is 5.82 Å². The van der Waals surface area contributed by atoms with Crippen LogP contribution >= 0.6 is 0 Å². The summed E-state index contributed by atoms with van der Waals surface area (Å²) in [7, 11) is 4.36. The zero-order valence-corrected chi connectivity index (χ0v) is 11.8. The fourth-order valence-electron chi connectivity index (χ4n) is 2.59. The van der Waals surface area contributed by atoms with Crippen LogP contribution in [0.1, 0.15) is 18.4 Å². The lowest BCUT2D eigenvalue weighted by atomic mass is 10.2. The molecule has 0 unspecified atom stereocenters. The Labute approximate surface area is 115 Å². The molecule has 0 amide bonds. The Morgan fingerprint density at radius 1 is 1.37 bits per heavy atom. The van der Waals surface area contributed by atoms with Crippen molar-refractivity contribution in [1.29, 1.82) is 0 Å². The summed E-state index contributed by atoms with van der Waals surface area (Å²) in [5.74, 6) is -0.182. The van der Waals surface area contributed by atoms with Crippen molar-refractivity contribution in [2.45, 2.75) is 18.9 Å². The van der Waals surface area contributed by atoms with Gasteiger partial charge in [-0.15, -0.1) is 0 Å². The maximum atomic E-state index is 12.8. The van der Waals surface area contributed by atoms with Crippen LogP contribution in [0.15, 0.2) is 30.3 Å². The molecule has 1 aliphatic rings. The predicted molar refractivity (Wildman–Crippen MR) is 78.6 cm³/mol. The van der Waals surface area contributed by atoms with Crippen molar-refractivity contribution in [1.82, 2.24) is 9.80 Å². The van der Waals surface area contributed by atoms with Crippen molar-refractivity contribution in [3.8, 4) is 0 Å². The molecular formula is C16H23FN2. The summed E-state index contributed by atoms with van der Waals surface area (Å²) in [4.78, 5) is 4.78. The summed E-state index contributed by atoms with van der Waals surface area (Å²) >= 11 is 0. The lowest BCUT2D eigenvalue weighted by Crippen LogP contribution is -2.36. The summed E-state index contributed by atoms with van der Waals surface area (Å²) in [6.45, 7) is 3.27. The number of likely N-dealkylation sites (tertiary alicyclic amines) is 1. The molecule has 0 aromatic heterocycles. The minimum absolute atomic E-state index is 0.182. The largest absolute Gasteiger partial charge is 0.302 e. The van der Waals surface area contributed by atoms with Crippen LogP contribution in [0.5, 0.6) is 0 Å². The van der Waals surface area contributed by atoms with Gasteiger partial charge in [0.05, 0.1) is 0 Å². The van der Waals surface area contributed by atoms with Crippen molar-refractivity contribution < 1.29 is 4.39 Å². The van der Waals surface area contributed by atoms with Gasteiger partial charge in [0.15, 0.2) is 0 Å². The molecule has 0 aliphatic carbocycles. The number of nitrogens with zero attached hydrogens (tertiary/aromatic N) is 2. The Bertz CT molecular complexity index is 413. The fourth-order valence-corrected chi connectivity index (χ4v) is 2.59. The number of benzene rings is 1. The van der Waals surface area contributed by atoms with E-state index in [9.17, 15) is 4.39 Å². The summed E-state index contributed by atoms with van der Waals surface area (Å²) in [5, 5.41) is 0. The first-order valence-electron chi connectivity index (χ1n) is 6.96. The van der Waals surface area contributed by atoms with Crippen LogP contribution in [0.25, 0.3) is 6.08 Å². The van der Waals surface area contributed by atoms with E-state index in [2.05, 4.69) is 30.0 Å². The first-order valence-corrected chi connectivity index (χ1v) is 6.96. The van der Waals surface area contributed by atoms with Gasteiger partial charge in [0.25, 0.3) is 0 Å². The van der Waals surface area contributed by atoms with Gasteiger partial charge in [-0.3, -0.25) is 0 Å². The second-order valence-corrected chi connectivity index (χ2v) is 5.45. The molecule has 0 radical (unpaired) electrons. The maximum absolute atomic E-state index is 12.8. The first-order chi connectivity index (χ1) is 9.15. The van der Waals surface area contributed by atoms with Gasteiger partial charge in [-0.1, -0.05) is 24.3 Å². The van der Waals surface area contributed by atoms with Crippen LogP contribution in [0.4, 0.5) is 4.39 Å². The SMILES string of the molecule is CN(C/C=C/c1ccc(F)cc1)C[C@H]1CCCN1C. The summed E-state index contributed by atoms with van der Waals surface area (Å²) in [6.07, 6.45) is 6.82. The molecule has 0 N–H and O–H groups in total. The Morgan fingerprint density at radius 2 is 2.11 bits per heavy atom. The van der Waals surface area contributed by atoms with Gasteiger partial charge < -0.3 is 9.80 Å². The molecule has 1 atom stereocenters. The van der Waals surface area contributed by atoms with E-state index >= 15 is 0 Å². The predicted octanol–water partition coefficient (Wildman–Crippen LogP) is 2.86. The lowest BCUT2D eigenvalue weighted by Gasteiger charge is -2.24. The maximum Gasteiger partial charge on any atom is 0.123 e. The van der Waals surface area contributed by atoms with E-state index in [4.69, 9.17) is 0 Å². The molecule has 0 spiro atoms. The molecule has 19 heavy (non-hydrogen) atoms. The standard InChI is InChI=1S/C16H23FN2/c1-18(13-16-6-4-12-19(16)2)11-3-5-14-7-9-15(17)10-8-14/h3,5,7-10,16H,4,6,11-13H2,1-2H3/b5-3+/t16-/m1/s1. The van der Waals surface area contributed by atoms with Crippen LogP contribution in [0.3, 0.4) is 0 Å². The number of rotatable bonds is 5. The molecule has 3 heteroatoms. The van der Waals surface area contributed by atoms with Crippen molar-refractivity contribution >= 4 is 6.08 Å². The summed E-state index contributed by atoms with van der Waals surface area (Å²) in [6, 6.07) is 7.30. The molecule has 1 aliphatic heterocycles. The highest BCUT2D eigenvalue weighted by molar-refractivity contribution is 5.48. The van der Waals surface area contributed by atoms with E-state index in [-0.39, 0.29) is 5.82 Å². The van der Waals surface area contributed by atoms with Crippen molar-refractivity contribution in [3.63, 3.8) is 0 Å². The van der Waals surface area contributed by atoms with Gasteiger partial charge in [-0.25, -0.2) is 4.39 Å². The van der Waals surface area contributed by atoms with E-state index in [0.717, 1.165) is 18.7 Å². The Kier molecular flexibility index (Phi) is 5.11. The fraction of sp³-hybridized carbons (Fsp3) is 0.500. The van der Waals surface area contributed by atoms with E-state index < -0.39 is 0 Å². The van der Waals surface area contributed by atoms with Crippen molar-refractivity contribution in [2.75, 3.05) is 33.7 Å². The Balaban J connectivity index is 1.76. The average Bonchev–Trinajstić information content (AvgIpc) is 2.78. The van der Waals surface area contributed by atoms with Crippen LogP contribution in [0.2, 0.25) is 0 Å². The van der Waals surface area contributed by atoms with Gasteiger partial charge in [0.2, 0.25) is 0 Å². The minimum atomic E-state index is -0.182. The van der Waals surface area contributed by atoms with E-state index in [1.165, 1.54) is 31.5 Å². The molecule has 0 saturated carbocycles. The average molecular weight is 262 g/mol. The lowest BCUT2D eigenvalue weighted by molar-refractivity contribution is 0.232. The second kappa shape index (κ2) is 6.83. The highest BCUT2D eigenvalue weighted by Crippen LogP contribution is 2.15. The number of halogens is 1. The van der Waals surface area contributed by atoms with Gasteiger partial charge in [-0.2, -0.15) is 0 Å². The third-order valence-corrected chi connectivity index (χ3v) is 3.79.